The molecule has 0 fully saturated rings. The minimum absolute atomic E-state index is 0.244. The molecule has 0 unspecified atom stereocenters. The number of rotatable bonds is 4. The van der Waals surface area contributed by atoms with Gasteiger partial charge in [-0.15, -0.1) is 0 Å². The van der Waals surface area contributed by atoms with Gasteiger partial charge in [0.1, 0.15) is 11.3 Å². The summed E-state index contributed by atoms with van der Waals surface area (Å²) in [6, 6.07) is 5.06. The van der Waals surface area contributed by atoms with Crippen LogP contribution in [0.15, 0.2) is 24.3 Å². The number of methoxy groups -OCH3 is 1. The van der Waals surface area contributed by atoms with Crippen molar-refractivity contribution in [2.45, 2.75) is 11.7 Å². The molecule has 0 aromatic heterocycles. The molecule has 1 aromatic carbocycles. The topological polar surface area (TPSA) is 35.5 Å². The molecular weight excluding hydrogens is 261 g/mol. The maximum absolute atomic E-state index is 12.9. The van der Waals surface area contributed by atoms with Gasteiger partial charge in [0, 0.05) is 0 Å². The summed E-state index contributed by atoms with van der Waals surface area (Å²) in [7, 11) is 1.08. The summed E-state index contributed by atoms with van der Waals surface area (Å²) in [5, 5.41) is 0. The Balaban J connectivity index is 3.03. The zero-order chi connectivity index (χ0) is 13.1. The van der Waals surface area contributed by atoms with Crippen LogP contribution in [-0.2, 0) is 4.74 Å². The molecule has 7 heteroatoms. The Morgan fingerprint density at radius 2 is 2.00 bits per heavy atom. The SMILES string of the molecule is COC(=O)c1ccccc1OC(F)(F)[C@@H](F)Cl. The van der Waals surface area contributed by atoms with Gasteiger partial charge in [0.2, 0.25) is 0 Å². The van der Waals surface area contributed by atoms with Crippen LogP contribution in [0.2, 0.25) is 0 Å². The highest BCUT2D eigenvalue weighted by Gasteiger charge is 2.42. The lowest BCUT2D eigenvalue weighted by Crippen LogP contribution is -2.33. The number of hydrogen-bond donors (Lipinski definition) is 0. The third-order valence-electron chi connectivity index (χ3n) is 1.79. The summed E-state index contributed by atoms with van der Waals surface area (Å²) in [6.45, 7) is 0. The molecule has 1 aromatic rings. The molecule has 94 valence electrons. The van der Waals surface area contributed by atoms with Gasteiger partial charge in [-0.25, -0.2) is 9.18 Å². The molecule has 0 N–H and O–H groups in total. The van der Waals surface area contributed by atoms with Crippen molar-refractivity contribution in [2.24, 2.45) is 0 Å². The molecule has 0 amide bonds. The Morgan fingerprint density at radius 1 is 1.41 bits per heavy atom. The summed E-state index contributed by atoms with van der Waals surface area (Å²) >= 11 is 4.63. The van der Waals surface area contributed by atoms with Crippen molar-refractivity contribution < 1.29 is 27.4 Å². The first kappa shape index (κ1) is 13.6. The van der Waals surface area contributed by atoms with Crippen LogP contribution in [0.5, 0.6) is 5.75 Å². The Hall–Kier alpha value is -1.43. The number of benzene rings is 1. The van der Waals surface area contributed by atoms with Crippen LogP contribution in [0.4, 0.5) is 13.2 Å². The van der Waals surface area contributed by atoms with E-state index in [1.54, 1.807) is 0 Å². The first-order valence-corrected chi connectivity index (χ1v) is 4.84. The third-order valence-corrected chi connectivity index (χ3v) is 2.05. The zero-order valence-corrected chi connectivity index (χ0v) is 9.38. The van der Waals surface area contributed by atoms with Crippen LogP contribution in [0.3, 0.4) is 0 Å². The van der Waals surface area contributed by atoms with Gasteiger partial charge in [-0.3, -0.25) is 0 Å². The van der Waals surface area contributed by atoms with Gasteiger partial charge in [-0.2, -0.15) is 8.78 Å². The molecule has 0 radical (unpaired) electrons. The number of hydrogen-bond acceptors (Lipinski definition) is 3. The molecule has 0 saturated carbocycles. The van der Waals surface area contributed by atoms with Crippen molar-refractivity contribution in [2.75, 3.05) is 7.11 Å². The molecule has 0 aliphatic heterocycles. The molecule has 1 atom stereocenters. The highest BCUT2D eigenvalue weighted by molar-refractivity contribution is 6.20. The lowest BCUT2D eigenvalue weighted by molar-refractivity contribution is -0.199. The molecule has 0 aliphatic rings. The Kier molecular flexibility index (Phi) is 4.22. The van der Waals surface area contributed by atoms with Crippen molar-refractivity contribution in [1.29, 1.82) is 0 Å². The molecule has 0 saturated heterocycles. The van der Waals surface area contributed by atoms with Gasteiger partial charge in [0.25, 0.3) is 5.63 Å². The van der Waals surface area contributed by atoms with E-state index < -0.39 is 23.5 Å². The van der Waals surface area contributed by atoms with E-state index in [0.29, 0.717) is 0 Å². The van der Waals surface area contributed by atoms with E-state index >= 15 is 0 Å². The molecule has 17 heavy (non-hydrogen) atoms. The second-order valence-corrected chi connectivity index (χ2v) is 3.34. The van der Waals surface area contributed by atoms with Crippen molar-refractivity contribution in [3.63, 3.8) is 0 Å². The predicted molar refractivity (Wildman–Crippen MR) is 54.1 cm³/mol. The largest absolute Gasteiger partial charge is 0.465 e. The Labute approximate surface area is 100 Å². The van der Waals surface area contributed by atoms with E-state index in [1.807, 2.05) is 0 Å². The number of halogens is 4. The van der Waals surface area contributed by atoms with Crippen molar-refractivity contribution in [3.05, 3.63) is 29.8 Å². The van der Waals surface area contributed by atoms with Crippen LogP contribution in [0.25, 0.3) is 0 Å². The van der Waals surface area contributed by atoms with E-state index in [2.05, 4.69) is 21.1 Å². The number of para-hydroxylation sites is 1. The Morgan fingerprint density at radius 3 is 2.53 bits per heavy atom. The first-order valence-electron chi connectivity index (χ1n) is 4.41. The summed E-state index contributed by atoms with van der Waals surface area (Å²) in [4.78, 5) is 11.2. The number of carbonyl (C=O) groups excluding carboxylic acids is 1. The van der Waals surface area contributed by atoms with E-state index in [-0.39, 0.29) is 5.56 Å². The van der Waals surface area contributed by atoms with Crippen LogP contribution in [-0.4, -0.2) is 24.8 Å². The van der Waals surface area contributed by atoms with E-state index in [0.717, 1.165) is 13.2 Å². The Bertz CT molecular complexity index is 410. The molecule has 1 rings (SSSR count). The monoisotopic (exact) mass is 268 g/mol. The smallest absolute Gasteiger partial charge is 0.444 e. The second kappa shape index (κ2) is 5.27. The van der Waals surface area contributed by atoms with Crippen molar-refractivity contribution in [1.82, 2.24) is 0 Å². The summed E-state index contributed by atoms with van der Waals surface area (Å²) in [6.07, 6.45) is -4.23. The van der Waals surface area contributed by atoms with Crippen LogP contribution in [0.1, 0.15) is 10.4 Å². The fourth-order valence-corrected chi connectivity index (χ4v) is 1.07. The summed E-state index contributed by atoms with van der Waals surface area (Å²) < 4.78 is 46.6. The molecule has 0 spiro atoms. The fourth-order valence-electron chi connectivity index (χ4n) is 1.03. The summed E-state index contributed by atoms with van der Waals surface area (Å²) in [5.74, 6) is -1.38. The minimum Gasteiger partial charge on any atom is -0.465 e. The quantitative estimate of drug-likeness (QED) is 0.622. The molecule has 0 aliphatic carbocycles. The highest BCUT2D eigenvalue weighted by atomic mass is 35.5. The van der Waals surface area contributed by atoms with Gasteiger partial charge in [-0.1, -0.05) is 23.7 Å². The number of esters is 1. The van der Waals surface area contributed by atoms with E-state index in [1.165, 1.54) is 18.2 Å². The van der Waals surface area contributed by atoms with Crippen LogP contribution >= 0.6 is 11.6 Å². The summed E-state index contributed by atoms with van der Waals surface area (Å²) in [5.41, 5.74) is -3.26. The third kappa shape index (κ3) is 3.26. The number of carbonyl (C=O) groups is 1. The maximum Gasteiger partial charge on any atom is 0.444 e. The van der Waals surface area contributed by atoms with Crippen molar-refractivity contribution in [3.8, 4) is 5.75 Å². The van der Waals surface area contributed by atoms with Crippen LogP contribution in [0, 0.1) is 0 Å². The molecule has 0 bridgehead atoms. The van der Waals surface area contributed by atoms with Gasteiger partial charge in [-0.05, 0) is 12.1 Å². The predicted octanol–water partition coefficient (Wildman–Crippen LogP) is 2.98. The fraction of sp³-hybridized carbons (Fsp3) is 0.300. The average molecular weight is 269 g/mol. The van der Waals surface area contributed by atoms with E-state index in [9.17, 15) is 18.0 Å². The standard InChI is InChI=1S/C10H8ClF3O3/c1-16-8(15)6-4-2-3-5-7(6)17-10(13,14)9(11)12/h2-5,9H,1H3/t9-/m1/s1. The average Bonchev–Trinajstić information content (AvgIpc) is 2.28. The molecule has 0 heterocycles. The van der Waals surface area contributed by atoms with Gasteiger partial charge in [0.15, 0.2) is 0 Å². The first-order chi connectivity index (χ1) is 7.88. The van der Waals surface area contributed by atoms with Gasteiger partial charge in [0.05, 0.1) is 7.11 Å². The van der Waals surface area contributed by atoms with Crippen molar-refractivity contribution >= 4 is 17.6 Å². The number of ether oxygens (including phenoxy) is 2. The lowest BCUT2D eigenvalue weighted by atomic mass is 10.2. The second-order valence-electron chi connectivity index (χ2n) is 2.95. The number of alkyl halides is 4. The van der Waals surface area contributed by atoms with Gasteiger partial charge < -0.3 is 9.47 Å². The normalized spacial score (nSPS) is 13.0. The molecule has 3 nitrogen and oxygen atoms in total. The lowest BCUT2D eigenvalue weighted by Gasteiger charge is -2.19. The molecular formula is C10H8ClF3O3. The zero-order valence-electron chi connectivity index (χ0n) is 8.62. The minimum atomic E-state index is -4.23. The van der Waals surface area contributed by atoms with Gasteiger partial charge >= 0.3 is 12.1 Å². The van der Waals surface area contributed by atoms with Crippen LogP contribution < -0.4 is 4.74 Å². The van der Waals surface area contributed by atoms with E-state index in [4.69, 9.17) is 0 Å². The highest BCUT2D eigenvalue weighted by Crippen LogP contribution is 2.30. The maximum atomic E-state index is 12.9.